The Balaban J connectivity index is 1.57. The van der Waals surface area contributed by atoms with Gasteiger partial charge in [-0.05, 0) is 82.5 Å². The number of esters is 3. The molecule has 1 heterocycles. The smallest absolute Gasteiger partial charge is 0.333 e. The van der Waals surface area contributed by atoms with E-state index in [1.807, 2.05) is 13.8 Å². The third kappa shape index (κ3) is 5.88. The number of hydrogen-bond donors (Lipinski definition) is 3. The highest BCUT2D eigenvalue weighted by Gasteiger charge is 2.73. The molecule has 280 valence electrons. The van der Waals surface area contributed by atoms with E-state index in [4.69, 9.17) is 18.9 Å². The van der Waals surface area contributed by atoms with Gasteiger partial charge in [0.2, 0.25) is 6.29 Å². The maximum atomic E-state index is 14.1. The second-order valence-corrected chi connectivity index (χ2v) is 17.6. The molecule has 11 nitrogen and oxygen atoms in total. The summed E-state index contributed by atoms with van der Waals surface area (Å²) >= 11 is 0. The third-order valence-corrected chi connectivity index (χ3v) is 13.8. The van der Waals surface area contributed by atoms with E-state index >= 15 is 0 Å². The Hall–Kier alpha value is -2.60. The van der Waals surface area contributed by atoms with E-state index in [0.717, 1.165) is 5.57 Å². The summed E-state index contributed by atoms with van der Waals surface area (Å²) in [6, 6.07) is 0. The van der Waals surface area contributed by atoms with Gasteiger partial charge in [-0.1, -0.05) is 52.3 Å². The molecular weight excluding hydrogens is 644 g/mol. The first-order valence-electron chi connectivity index (χ1n) is 18.1. The number of hydrogen-bond acceptors (Lipinski definition) is 11. The van der Waals surface area contributed by atoms with Crippen molar-refractivity contribution in [1.29, 1.82) is 0 Å². The molecular formula is C39H58O11. The first-order valence-corrected chi connectivity index (χ1v) is 18.1. The van der Waals surface area contributed by atoms with Crippen molar-refractivity contribution in [2.75, 3.05) is 0 Å². The number of aliphatic hydroxyl groups excluding tert-OH is 2. The molecule has 0 aromatic rings. The van der Waals surface area contributed by atoms with Crippen LogP contribution < -0.4 is 0 Å². The third-order valence-electron chi connectivity index (χ3n) is 13.8. The molecule has 0 aromatic heterocycles. The van der Waals surface area contributed by atoms with E-state index in [1.165, 1.54) is 27.7 Å². The van der Waals surface area contributed by atoms with Gasteiger partial charge in [0, 0.05) is 36.2 Å². The minimum Gasteiger partial charge on any atom is -0.462 e. The average Bonchev–Trinajstić information content (AvgIpc) is 3.33. The summed E-state index contributed by atoms with van der Waals surface area (Å²) in [5.74, 6) is -4.09. The Labute approximate surface area is 296 Å². The van der Waals surface area contributed by atoms with Crippen molar-refractivity contribution in [3.05, 3.63) is 23.3 Å². The van der Waals surface area contributed by atoms with Crippen LogP contribution in [0.15, 0.2) is 23.3 Å². The molecule has 5 aliphatic rings. The van der Waals surface area contributed by atoms with Crippen LogP contribution in [0, 0.1) is 45.3 Å². The lowest BCUT2D eigenvalue weighted by Crippen LogP contribution is -2.69. The fourth-order valence-electron chi connectivity index (χ4n) is 11.5. The molecule has 1 saturated heterocycles. The summed E-state index contributed by atoms with van der Waals surface area (Å²) in [7, 11) is 0. The maximum Gasteiger partial charge on any atom is 0.333 e. The van der Waals surface area contributed by atoms with Crippen molar-refractivity contribution >= 4 is 23.7 Å². The standard InChI is InChI=1S/C39H58O11/c1-12-19(2)33(45)49-27-15-16-37(9)25(35(27,5)6)17-26(42)39(11)24-14-13-22(38(24,10)18-23(31(37)39)47-20(3)40)28-29(43)30(44)32(36(7,8)46)50-34(28)48-21(4)41/h12,14,22-23,25-28,30-32,34,42,44,46H,13,15-18H2,1-11H3/b19-12+/t22-,23+,25-,26+,27-,28+,30-,31+,32-,34-,37-,38-,39+/m0/s1. The van der Waals surface area contributed by atoms with Crippen LogP contribution in [0.5, 0.6) is 0 Å². The summed E-state index contributed by atoms with van der Waals surface area (Å²) in [5, 5.41) is 34.3. The zero-order valence-corrected chi connectivity index (χ0v) is 31.6. The van der Waals surface area contributed by atoms with Gasteiger partial charge in [0.15, 0.2) is 5.78 Å². The predicted molar refractivity (Wildman–Crippen MR) is 182 cm³/mol. The molecule has 50 heavy (non-hydrogen) atoms. The number of fused-ring (bicyclic) bond motifs is 5. The number of carbonyl (C=O) groups is 4. The van der Waals surface area contributed by atoms with Gasteiger partial charge >= 0.3 is 17.9 Å². The minimum atomic E-state index is -1.67. The van der Waals surface area contributed by atoms with E-state index in [2.05, 4.69) is 26.8 Å². The van der Waals surface area contributed by atoms with Crippen LogP contribution in [0.25, 0.3) is 0 Å². The number of Topliss-reactive ketones (excluding diaryl/α,β-unsaturated/α-hetero) is 1. The predicted octanol–water partition coefficient (Wildman–Crippen LogP) is 4.59. The van der Waals surface area contributed by atoms with Crippen LogP contribution in [0.3, 0.4) is 0 Å². The van der Waals surface area contributed by atoms with Gasteiger partial charge in [-0.3, -0.25) is 14.4 Å². The zero-order chi connectivity index (χ0) is 37.5. The van der Waals surface area contributed by atoms with E-state index in [0.29, 0.717) is 37.7 Å². The largest absolute Gasteiger partial charge is 0.462 e. The first kappa shape index (κ1) is 38.6. The summed E-state index contributed by atoms with van der Waals surface area (Å²) < 4.78 is 24.0. The number of ketones is 1. The summed E-state index contributed by atoms with van der Waals surface area (Å²) in [5.41, 5.74) is -2.76. The van der Waals surface area contributed by atoms with Crippen LogP contribution in [-0.4, -0.2) is 81.4 Å². The zero-order valence-electron chi connectivity index (χ0n) is 31.6. The lowest BCUT2D eigenvalue weighted by Gasteiger charge is -2.69. The Morgan fingerprint density at radius 2 is 1.62 bits per heavy atom. The van der Waals surface area contributed by atoms with Crippen LogP contribution in [0.2, 0.25) is 0 Å². The van der Waals surface area contributed by atoms with Crippen molar-refractivity contribution in [3.63, 3.8) is 0 Å². The molecule has 0 unspecified atom stereocenters. The highest BCUT2D eigenvalue weighted by molar-refractivity contribution is 5.88. The van der Waals surface area contributed by atoms with Gasteiger partial charge in [-0.25, -0.2) is 4.79 Å². The van der Waals surface area contributed by atoms with Crippen molar-refractivity contribution in [2.24, 2.45) is 45.3 Å². The summed E-state index contributed by atoms with van der Waals surface area (Å²) in [6.07, 6.45) is -0.0121. The van der Waals surface area contributed by atoms with E-state index in [-0.39, 0.29) is 23.9 Å². The lowest BCUT2D eigenvalue weighted by molar-refractivity contribution is -0.272. The Bertz CT molecular complexity index is 1470. The maximum absolute atomic E-state index is 14.1. The molecule has 0 amide bonds. The van der Waals surface area contributed by atoms with E-state index in [1.54, 1.807) is 19.9 Å². The van der Waals surface area contributed by atoms with E-state index in [9.17, 15) is 34.5 Å². The Morgan fingerprint density at radius 1 is 1.00 bits per heavy atom. The molecule has 0 radical (unpaired) electrons. The molecule has 0 bridgehead atoms. The van der Waals surface area contributed by atoms with Gasteiger partial charge < -0.3 is 34.3 Å². The van der Waals surface area contributed by atoms with Crippen molar-refractivity contribution < 1.29 is 53.4 Å². The molecule has 13 atom stereocenters. The summed E-state index contributed by atoms with van der Waals surface area (Å²) in [4.78, 5) is 52.2. The highest BCUT2D eigenvalue weighted by Crippen LogP contribution is 2.74. The molecule has 5 rings (SSSR count). The SMILES string of the molecule is C/C=C(\C)C(=O)O[C@H]1CC[C@]2(C)[C@H]3[C@H](OC(C)=O)C[C@]4(C)C(=CC[C@H]4[C@@H]4C(=O)[C@H](O)[C@@H](C(C)(C)O)O[C@@H]4OC(C)=O)[C@]3(C)[C@H](O)C[C@H]2C1(C)C. The van der Waals surface area contributed by atoms with E-state index < -0.39 is 87.5 Å². The second-order valence-electron chi connectivity index (χ2n) is 17.6. The van der Waals surface area contributed by atoms with Crippen LogP contribution in [0.1, 0.15) is 108 Å². The van der Waals surface area contributed by atoms with Gasteiger partial charge in [0.1, 0.15) is 24.4 Å². The van der Waals surface area contributed by atoms with Crippen molar-refractivity contribution in [2.45, 2.75) is 151 Å². The molecule has 4 fully saturated rings. The lowest BCUT2D eigenvalue weighted by atomic mass is 9.36. The molecule has 3 N–H and O–H groups in total. The van der Waals surface area contributed by atoms with Gasteiger partial charge in [0.05, 0.1) is 17.6 Å². The minimum absolute atomic E-state index is 0.0867. The molecule has 4 aliphatic carbocycles. The normalized spacial score (nSPS) is 44.2. The molecule has 0 spiro atoms. The van der Waals surface area contributed by atoms with Gasteiger partial charge in [-0.15, -0.1) is 0 Å². The number of aliphatic hydroxyl groups is 3. The van der Waals surface area contributed by atoms with Gasteiger partial charge in [0.25, 0.3) is 0 Å². The number of ether oxygens (including phenoxy) is 4. The fraction of sp³-hybridized carbons (Fsp3) is 0.795. The molecule has 1 aliphatic heterocycles. The topological polar surface area (TPSA) is 166 Å². The monoisotopic (exact) mass is 702 g/mol. The van der Waals surface area contributed by atoms with Crippen LogP contribution >= 0.6 is 0 Å². The van der Waals surface area contributed by atoms with Crippen LogP contribution in [-0.2, 0) is 38.1 Å². The van der Waals surface area contributed by atoms with Crippen molar-refractivity contribution in [1.82, 2.24) is 0 Å². The average molecular weight is 703 g/mol. The van der Waals surface area contributed by atoms with Gasteiger partial charge in [-0.2, -0.15) is 0 Å². The second kappa shape index (κ2) is 12.8. The number of rotatable bonds is 6. The molecule has 3 saturated carbocycles. The molecule has 11 heteroatoms. The first-order chi connectivity index (χ1) is 23.0. The van der Waals surface area contributed by atoms with Crippen LogP contribution in [0.4, 0.5) is 0 Å². The van der Waals surface area contributed by atoms with Crippen molar-refractivity contribution in [3.8, 4) is 0 Å². The number of allylic oxidation sites excluding steroid dienone is 2. The fourth-order valence-corrected chi connectivity index (χ4v) is 11.5. The Kier molecular flexibility index (Phi) is 9.90. The highest BCUT2D eigenvalue weighted by atomic mass is 16.7. The molecule has 0 aromatic carbocycles. The Morgan fingerprint density at radius 3 is 2.18 bits per heavy atom. The summed E-state index contributed by atoms with van der Waals surface area (Å²) in [6.45, 7) is 19.4. The quantitative estimate of drug-likeness (QED) is 0.153. The number of carbonyl (C=O) groups excluding carboxylic acids is 4.